The normalized spacial score (nSPS) is 39.7. The van der Waals surface area contributed by atoms with E-state index in [9.17, 15) is 9.59 Å². The molecule has 3 saturated heterocycles. The molecule has 0 spiro atoms. The fourth-order valence-corrected chi connectivity index (χ4v) is 3.24. The summed E-state index contributed by atoms with van der Waals surface area (Å²) in [5.41, 5.74) is 0. The minimum absolute atomic E-state index is 0.0776. The number of rotatable bonds is 0. The van der Waals surface area contributed by atoms with Gasteiger partial charge in [-0.05, 0) is 19.3 Å². The monoisotopic (exact) mass is 209 g/mol. The van der Waals surface area contributed by atoms with Crippen LogP contribution >= 0.6 is 0 Å². The molecule has 3 fully saturated rings. The van der Waals surface area contributed by atoms with Crippen molar-refractivity contribution in [3.8, 4) is 0 Å². The smallest absolute Gasteiger partial charge is 0.306 e. The van der Waals surface area contributed by atoms with E-state index in [0.29, 0.717) is 12.8 Å². The Hall–Kier alpha value is -1.06. The highest BCUT2D eigenvalue weighted by Crippen LogP contribution is 2.38. The molecule has 82 valence electrons. The number of fused-ring (bicyclic) bond motifs is 3. The van der Waals surface area contributed by atoms with Gasteiger partial charge in [-0.2, -0.15) is 0 Å². The molecule has 3 atom stereocenters. The van der Waals surface area contributed by atoms with Gasteiger partial charge in [0, 0.05) is 24.9 Å². The minimum atomic E-state index is -0.0776. The van der Waals surface area contributed by atoms with Crippen LogP contribution in [-0.4, -0.2) is 35.5 Å². The SMILES string of the molecule is O=C1C[C@@H]2[C@H]3CCC(=O)N3CCC[C@H]2O1. The van der Waals surface area contributed by atoms with E-state index in [-0.39, 0.29) is 29.9 Å². The summed E-state index contributed by atoms with van der Waals surface area (Å²) < 4.78 is 5.31. The number of ether oxygens (including phenoxy) is 1. The Morgan fingerprint density at radius 2 is 2.13 bits per heavy atom. The van der Waals surface area contributed by atoms with Gasteiger partial charge < -0.3 is 9.64 Å². The Bertz CT molecular complexity index is 315. The Labute approximate surface area is 88.6 Å². The molecule has 0 radical (unpaired) electrons. The van der Waals surface area contributed by atoms with Gasteiger partial charge >= 0.3 is 5.97 Å². The molecule has 4 nitrogen and oxygen atoms in total. The van der Waals surface area contributed by atoms with Crippen LogP contribution in [0.2, 0.25) is 0 Å². The first-order valence-corrected chi connectivity index (χ1v) is 5.74. The molecule has 3 rings (SSSR count). The predicted octanol–water partition coefficient (Wildman–Crippen LogP) is 0.703. The lowest BCUT2D eigenvalue weighted by Gasteiger charge is -2.27. The summed E-state index contributed by atoms with van der Waals surface area (Å²) in [6.45, 7) is 0.855. The molecule has 0 unspecified atom stereocenters. The number of nitrogens with zero attached hydrogens (tertiary/aromatic N) is 1. The molecule has 1 amide bonds. The molecule has 3 aliphatic heterocycles. The average molecular weight is 209 g/mol. The van der Waals surface area contributed by atoms with Crippen LogP contribution < -0.4 is 0 Å². The zero-order chi connectivity index (χ0) is 10.4. The second-order valence-corrected chi connectivity index (χ2v) is 4.73. The number of carbonyl (C=O) groups excluding carboxylic acids is 2. The maximum atomic E-state index is 11.6. The number of carbonyl (C=O) groups is 2. The molecule has 0 aromatic heterocycles. The molecular weight excluding hydrogens is 194 g/mol. The highest BCUT2D eigenvalue weighted by molar-refractivity contribution is 5.79. The number of hydrogen-bond donors (Lipinski definition) is 0. The maximum absolute atomic E-state index is 11.6. The van der Waals surface area contributed by atoms with Crippen molar-refractivity contribution in [3.05, 3.63) is 0 Å². The second kappa shape index (κ2) is 3.22. The van der Waals surface area contributed by atoms with Gasteiger partial charge in [0.1, 0.15) is 6.10 Å². The lowest BCUT2D eigenvalue weighted by molar-refractivity contribution is -0.141. The van der Waals surface area contributed by atoms with Crippen LogP contribution in [0, 0.1) is 5.92 Å². The van der Waals surface area contributed by atoms with E-state index in [2.05, 4.69) is 0 Å². The maximum Gasteiger partial charge on any atom is 0.306 e. The van der Waals surface area contributed by atoms with Crippen LogP contribution in [0.5, 0.6) is 0 Å². The molecule has 3 aliphatic rings. The molecule has 0 saturated carbocycles. The predicted molar refractivity (Wildman–Crippen MR) is 52.0 cm³/mol. The zero-order valence-corrected chi connectivity index (χ0v) is 8.65. The fourth-order valence-electron chi connectivity index (χ4n) is 3.24. The number of hydrogen-bond acceptors (Lipinski definition) is 3. The Morgan fingerprint density at radius 3 is 3.00 bits per heavy atom. The first-order chi connectivity index (χ1) is 7.25. The molecule has 0 aromatic rings. The summed E-state index contributed by atoms with van der Waals surface area (Å²) in [6, 6.07) is 0.274. The van der Waals surface area contributed by atoms with Gasteiger partial charge in [-0.1, -0.05) is 0 Å². The van der Waals surface area contributed by atoms with Crippen LogP contribution in [-0.2, 0) is 14.3 Å². The lowest BCUT2D eigenvalue weighted by Crippen LogP contribution is -2.38. The summed E-state index contributed by atoms with van der Waals surface area (Å²) in [6.07, 6.45) is 4.06. The van der Waals surface area contributed by atoms with E-state index in [1.165, 1.54) is 0 Å². The third-order valence-corrected chi connectivity index (χ3v) is 3.92. The quantitative estimate of drug-likeness (QED) is 0.552. The molecule has 0 N–H and O–H groups in total. The Morgan fingerprint density at radius 1 is 1.27 bits per heavy atom. The molecule has 15 heavy (non-hydrogen) atoms. The van der Waals surface area contributed by atoms with Gasteiger partial charge in [0.25, 0.3) is 0 Å². The van der Waals surface area contributed by atoms with Gasteiger partial charge in [0.05, 0.1) is 6.42 Å². The third-order valence-electron chi connectivity index (χ3n) is 3.92. The van der Waals surface area contributed by atoms with E-state index in [4.69, 9.17) is 4.74 Å². The van der Waals surface area contributed by atoms with E-state index in [0.717, 1.165) is 25.8 Å². The zero-order valence-electron chi connectivity index (χ0n) is 8.65. The largest absolute Gasteiger partial charge is 0.462 e. The van der Waals surface area contributed by atoms with Crippen LogP contribution in [0.1, 0.15) is 32.1 Å². The lowest BCUT2D eigenvalue weighted by atomic mass is 9.90. The van der Waals surface area contributed by atoms with Crippen molar-refractivity contribution in [2.45, 2.75) is 44.2 Å². The van der Waals surface area contributed by atoms with Gasteiger partial charge in [-0.25, -0.2) is 0 Å². The van der Waals surface area contributed by atoms with Crippen molar-refractivity contribution in [1.82, 2.24) is 4.90 Å². The molecule has 4 heteroatoms. The van der Waals surface area contributed by atoms with E-state index in [1.54, 1.807) is 0 Å². The minimum Gasteiger partial charge on any atom is -0.462 e. The first kappa shape index (κ1) is 9.19. The van der Waals surface area contributed by atoms with Gasteiger partial charge in [0.15, 0.2) is 0 Å². The highest BCUT2D eigenvalue weighted by atomic mass is 16.5. The summed E-state index contributed by atoms with van der Waals surface area (Å²) in [5, 5.41) is 0. The molecule has 0 aliphatic carbocycles. The average Bonchev–Trinajstić information content (AvgIpc) is 2.68. The number of amides is 1. The fraction of sp³-hybridized carbons (Fsp3) is 0.818. The first-order valence-electron chi connectivity index (χ1n) is 5.74. The second-order valence-electron chi connectivity index (χ2n) is 4.73. The third kappa shape index (κ3) is 1.34. The Kier molecular flexibility index (Phi) is 1.97. The van der Waals surface area contributed by atoms with Gasteiger partial charge in [-0.3, -0.25) is 9.59 Å². The molecule has 0 aromatic carbocycles. The van der Waals surface area contributed by atoms with Crippen molar-refractivity contribution in [2.75, 3.05) is 6.54 Å². The highest BCUT2D eigenvalue weighted by Gasteiger charge is 2.47. The van der Waals surface area contributed by atoms with Crippen molar-refractivity contribution in [2.24, 2.45) is 5.92 Å². The van der Waals surface area contributed by atoms with Crippen LogP contribution in [0.25, 0.3) is 0 Å². The molecular formula is C11H15NO3. The summed E-state index contributed by atoms with van der Waals surface area (Å²) in [7, 11) is 0. The van der Waals surface area contributed by atoms with Gasteiger partial charge in [0.2, 0.25) is 5.91 Å². The summed E-state index contributed by atoms with van der Waals surface area (Å²) >= 11 is 0. The Balaban J connectivity index is 1.87. The van der Waals surface area contributed by atoms with Crippen molar-refractivity contribution < 1.29 is 14.3 Å². The summed E-state index contributed by atoms with van der Waals surface area (Å²) in [4.78, 5) is 24.9. The van der Waals surface area contributed by atoms with Crippen LogP contribution in [0.3, 0.4) is 0 Å². The molecule has 0 bridgehead atoms. The molecule has 3 heterocycles. The van der Waals surface area contributed by atoms with Crippen LogP contribution in [0.4, 0.5) is 0 Å². The standard InChI is InChI=1S/C11H15NO3/c13-10-4-3-8-7-6-11(14)15-9(7)2-1-5-12(8)10/h7-9H,1-6H2/t7-,8-,9-/m1/s1. The van der Waals surface area contributed by atoms with E-state index < -0.39 is 0 Å². The van der Waals surface area contributed by atoms with E-state index >= 15 is 0 Å². The van der Waals surface area contributed by atoms with Crippen molar-refractivity contribution in [3.63, 3.8) is 0 Å². The van der Waals surface area contributed by atoms with Gasteiger partial charge in [-0.15, -0.1) is 0 Å². The topological polar surface area (TPSA) is 46.6 Å². The summed E-state index contributed by atoms with van der Waals surface area (Å²) in [5.74, 6) is 0.456. The van der Waals surface area contributed by atoms with Crippen molar-refractivity contribution in [1.29, 1.82) is 0 Å². The number of esters is 1. The van der Waals surface area contributed by atoms with Crippen LogP contribution in [0.15, 0.2) is 0 Å². The van der Waals surface area contributed by atoms with Crippen molar-refractivity contribution >= 4 is 11.9 Å². The van der Waals surface area contributed by atoms with E-state index in [1.807, 2.05) is 4.90 Å².